The second kappa shape index (κ2) is 11.5. The van der Waals surface area contributed by atoms with Gasteiger partial charge >= 0.3 is 6.09 Å². The maximum atomic E-state index is 14.1. The lowest BCUT2D eigenvalue weighted by Crippen LogP contribution is -2.56. The third-order valence-electron chi connectivity index (χ3n) is 7.09. The minimum Gasteiger partial charge on any atom is -0.444 e. The van der Waals surface area contributed by atoms with Crippen LogP contribution < -0.4 is 10.6 Å². The van der Waals surface area contributed by atoms with E-state index in [1.807, 2.05) is 74.5 Å². The number of rotatable bonds is 7. The number of aryl methyl sites for hydroxylation is 2. The highest BCUT2D eigenvalue weighted by Crippen LogP contribution is 2.36. The van der Waals surface area contributed by atoms with E-state index in [9.17, 15) is 14.4 Å². The van der Waals surface area contributed by atoms with Crippen molar-refractivity contribution in [2.24, 2.45) is 0 Å². The summed E-state index contributed by atoms with van der Waals surface area (Å²) in [6.07, 6.45) is 1.92. The number of nitrogens with one attached hydrogen (secondary N) is 2. The summed E-state index contributed by atoms with van der Waals surface area (Å²) in [6, 6.07) is 17.8. The van der Waals surface area contributed by atoms with Crippen LogP contribution in [0.2, 0.25) is 0 Å². The molecule has 2 unspecified atom stereocenters. The Morgan fingerprint density at radius 2 is 1.64 bits per heavy atom. The molecule has 1 aliphatic carbocycles. The summed E-state index contributed by atoms with van der Waals surface area (Å²) in [6.45, 7) is 10.9. The van der Waals surface area contributed by atoms with Gasteiger partial charge in [-0.05, 0) is 94.8 Å². The van der Waals surface area contributed by atoms with E-state index >= 15 is 0 Å². The number of amides is 3. The number of benzene rings is 3. The van der Waals surface area contributed by atoms with E-state index in [-0.39, 0.29) is 17.9 Å². The van der Waals surface area contributed by atoms with E-state index < -0.39 is 23.8 Å². The lowest BCUT2D eigenvalue weighted by Gasteiger charge is -2.43. The third kappa shape index (κ3) is 6.77. The van der Waals surface area contributed by atoms with E-state index in [2.05, 4.69) is 10.6 Å². The van der Waals surface area contributed by atoms with Gasteiger partial charge in [0.15, 0.2) is 0 Å². The Morgan fingerprint density at radius 1 is 0.949 bits per heavy atom. The van der Waals surface area contributed by atoms with Crippen molar-refractivity contribution in [1.29, 1.82) is 0 Å². The average molecular weight is 530 g/mol. The smallest absolute Gasteiger partial charge is 0.408 e. The first-order chi connectivity index (χ1) is 18.4. The molecule has 1 saturated carbocycles. The summed E-state index contributed by atoms with van der Waals surface area (Å²) < 4.78 is 5.38. The Morgan fingerprint density at radius 3 is 2.26 bits per heavy atom. The van der Waals surface area contributed by atoms with E-state index in [1.54, 1.807) is 32.6 Å². The maximum Gasteiger partial charge on any atom is 0.408 e. The highest BCUT2D eigenvalue weighted by Gasteiger charge is 2.41. The number of alkyl carbamates (subject to hydrolysis) is 1. The third-order valence-corrected chi connectivity index (χ3v) is 7.09. The molecule has 3 aromatic carbocycles. The van der Waals surface area contributed by atoms with Gasteiger partial charge in [0.2, 0.25) is 5.91 Å². The topological polar surface area (TPSA) is 87.7 Å². The number of fused-ring (bicyclic) bond motifs is 1. The Hall–Kier alpha value is -3.87. The molecule has 7 heteroatoms. The molecule has 1 fully saturated rings. The van der Waals surface area contributed by atoms with Crippen molar-refractivity contribution < 1.29 is 19.1 Å². The van der Waals surface area contributed by atoms with Crippen LogP contribution in [-0.2, 0) is 14.3 Å². The lowest BCUT2D eigenvalue weighted by atomic mass is 9.87. The van der Waals surface area contributed by atoms with Gasteiger partial charge in [0.1, 0.15) is 17.7 Å². The molecule has 3 aromatic rings. The molecular weight excluding hydrogens is 490 g/mol. The Kier molecular flexibility index (Phi) is 8.28. The van der Waals surface area contributed by atoms with Gasteiger partial charge < -0.3 is 20.3 Å². The summed E-state index contributed by atoms with van der Waals surface area (Å²) in [5.41, 5.74) is 2.74. The average Bonchev–Trinajstić information content (AvgIpc) is 2.81. The molecule has 1 aliphatic rings. The fourth-order valence-electron chi connectivity index (χ4n) is 4.98. The van der Waals surface area contributed by atoms with E-state index in [0.29, 0.717) is 5.69 Å². The molecule has 7 nitrogen and oxygen atoms in total. The summed E-state index contributed by atoms with van der Waals surface area (Å²) in [4.78, 5) is 42.2. The molecule has 0 radical (unpaired) electrons. The predicted molar refractivity (Wildman–Crippen MR) is 155 cm³/mol. The summed E-state index contributed by atoms with van der Waals surface area (Å²) in [5.74, 6) is -0.605. The second-order valence-electron chi connectivity index (χ2n) is 11.5. The molecule has 2 N–H and O–H groups in total. The highest BCUT2D eigenvalue weighted by molar-refractivity contribution is 6.00. The number of carbonyl (C=O) groups is 3. The first-order valence-electron chi connectivity index (χ1n) is 13.6. The van der Waals surface area contributed by atoms with E-state index in [0.717, 1.165) is 46.7 Å². The summed E-state index contributed by atoms with van der Waals surface area (Å²) in [5, 5.41) is 7.85. The fourth-order valence-corrected chi connectivity index (χ4v) is 4.98. The van der Waals surface area contributed by atoms with Crippen LogP contribution in [0.1, 0.15) is 69.7 Å². The van der Waals surface area contributed by atoms with Gasteiger partial charge in [-0.3, -0.25) is 9.59 Å². The molecule has 0 spiro atoms. The Labute approximate surface area is 230 Å². The molecule has 39 heavy (non-hydrogen) atoms. The van der Waals surface area contributed by atoms with E-state index in [1.165, 1.54) is 0 Å². The SMILES string of the molecule is Cc1ccc(C(C(=O)Nc2ccc3ccccc3c2)N(C(=O)C(C)NC(=O)OC(C)(C)C)C2CCC2)c(C)c1. The van der Waals surface area contributed by atoms with Crippen LogP contribution in [0.3, 0.4) is 0 Å². The molecule has 4 rings (SSSR count). The van der Waals surface area contributed by atoms with Crippen molar-refractivity contribution in [1.82, 2.24) is 10.2 Å². The van der Waals surface area contributed by atoms with Crippen LogP contribution in [0.5, 0.6) is 0 Å². The first-order valence-corrected chi connectivity index (χ1v) is 13.6. The number of nitrogens with zero attached hydrogens (tertiary/aromatic N) is 1. The Bertz CT molecular complexity index is 1370. The fraction of sp³-hybridized carbons (Fsp3) is 0.406. The van der Waals surface area contributed by atoms with Crippen molar-refractivity contribution in [3.05, 3.63) is 77.4 Å². The molecule has 0 bridgehead atoms. The number of hydrogen-bond donors (Lipinski definition) is 2. The lowest BCUT2D eigenvalue weighted by molar-refractivity contribution is -0.145. The maximum absolute atomic E-state index is 14.1. The van der Waals surface area contributed by atoms with Gasteiger partial charge in [0.05, 0.1) is 0 Å². The zero-order valence-corrected chi connectivity index (χ0v) is 23.7. The van der Waals surface area contributed by atoms with Crippen LogP contribution in [0.15, 0.2) is 60.7 Å². The largest absolute Gasteiger partial charge is 0.444 e. The normalized spacial score (nSPS) is 15.1. The first kappa shape index (κ1) is 28.1. The zero-order valence-electron chi connectivity index (χ0n) is 23.7. The highest BCUT2D eigenvalue weighted by atomic mass is 16.6. The van der Waals surface area contributed by atoms with Crippen molar-refractivity contribution >= 4 is 34.4 Å². The molecule has 0 saturated heterocycles. The number of anilines is 1. The predicted octanol–water partition coefficient (Wildman–Crippen LogP) is 6.43. The summed E-state index contributed by atoms with van der Waals surface area (Å²) >= 11 is 0. The minimum atomic E-state index is -0.873. The minimum absolute atomic E-state index is 0.103. The quantitative estimate of drug-likeness (QED) is 0.369. The van der Waals surface area contributed by atoms with Crippen LogP contribution in [0.4, 0.5) is 10.5 Å². The van der Waals surface area contributed by atoms with Crippen LogP contribution in [-0.4, -0.2) is 40.5 Å². The van der Waals surface area contributed by atoms with Crippen LogP contribution >= 0.6 is 0 Å². The molecule has 3 amide bonds. The van der Waals surface area contributed by atoms with Crippen LogP contribution in [0.25, 0.3) is 10.8 Å². The molecular formula is C32H39N3O4. The van der Waals surface area contributed by atoms with Crippen LogP contribution in [0, 0.1) is 13.8 Å². The molecule has 0 aromatic heterocycles. The second-order valence-corrected chi connectivity index (χ2v) is 11.5. The standard InChI is InChI=1S/C32H39N3O4/c1-20-14-17-27(21(2)18-20)28(29(36)34-25-16-15-23-10-7-8-11-24(23)19-25)35(26-12-9-13-26)30(37)22(3)33-31(38)39-32(4,5)6/h7-8,10-11,14-19,22,26,28H,9,12-13H2,1-6H3,(H,33,38)(H,34,36). The van der Waals surface area contributed by atoms with Crippen molar-refractivity contribution in [3.8, 4) is 0 Å². The van der Waals surface area contributed by atoms with Gasteiger partial charge in [-0.25, -0.2) is 4.79 Å². The van der Waals surface area contributed by atoms with Crippen molar-refractivity contribution in [2.75, 3.05) is 5.32 Å². The van der Waals surface area contributed by atoms with Gasteiger partial charge in [-0.15, -0.1) is 0 Å². The number of hydrogen-bond acceptors (Lipinski definition) is 4. The van der Waals surface area contributed by atoms with Gasteiger partial charge in [-0.1, -0.05) is 54.1 Å². The Balaban J connectivity index is 1.69. The number of carbonyl (C=O) groups excluding carboxylic acids is 3. The molecule has 206 valence electrons. The van der Waals surface area contributed by atoms with Gasteiger partial charge in [0, 0.05) is 11.7 Å². The molecule has 0 heterocycles. The van der Waals surface area contributed by atoms with Gasteiger partial charge in [-0.2, -0.15) is 0 Å². The van der Waals surface area contributed by atoms with E-state index in [4.69, 9.17) is 4.74 Å². The number of ether oxygens (including phenoxy) is 1. The van der Waals surface area contributed by atoms with Crippen molar-refractivity contribution in [2.45, 2.75) is 84.5 Å². The van der Waals surface area contributed by atoms with Crippen molar-refractivity contribution in [3.63, 3.8) is 0 Å². The zero-order chi connectivity index (χ0) is 28.3. The summed E-state index contributed by atoms with van der Waals surface area (Å²) in [7, 11) is 0. The van der Waals surface area contributed by atoms with Gasteiger partial charge in [0.25, 0.3) is 5.91 Å². The monoisotopic (exact) mass is 529 g/mol. The molecule has 2 atom stereocenters. The molecule has 0 aliphatic heterocycles.